The normalized spacial score (nSPS) is 10.6. The largest absolute Gasteiger partial charge is 0.497 e. The van der Waals surface area contributed by atoms with Crippen LogP contribution in [-0.4, -0.2) is 38.6 Å². The number of rotatable bonds is 8. The number of carbonyl (C=O) groups excluding carboxylic acids is 1. The van der Waals surface area contributed by atoms with Crippen molar-refractivity contribution in [1.29, 1.82) is 0 Å². The molecule has 0 aliphatic carbocycles. The number of aliphatic imine (C=N–C) groups is 1. The Bertz CT molecular complexity index is 763. The van der Waals surface area contributed by atoms with E-state index in [-0.39, 0.29) is 29.9 Å². The van der Waals surface area contributed by atoms with Crippen LogP contribution in [0.25, 0.3) is 0 Å². The number of ether oxygens (including phenoxy) is 1. The van der Waals surface area contributed by atoms with Crippen molar-refractivity contribution in [3.05, 3.63) is 65.2 Å². The van der Waals surface area contributed by atoms with Crippen LogP contribution in [-0.2, 0) is 6.54 Å². The number of carbonyl (C=O) groups is 1. The first-order valence-electron chi connectivity index (χ1n) is 9.12. The molecule has 2 rings (SSSR count). The molecule has 0 aliphatic rings. The molecule has 0 saturated carbocycles. The fourth-order valence-electron chi connectivity index (χ4n) is 2.49. The summed E-state index contributed by atoms with van der Waals surface area (Å²) in [5.74, 6) is 1.48. The highest BCUT2D eigenvalue weighted by atomic mass is 127. The zero-order valence-electron chi connectivity index (χ0n) is 16.6. The van der Waals surface area contributed by atoms with E-state index < -0.39 is 0 Å². The van der Waals surface area contributed by atoms with Crippen molar-refractivity contribution in [3.8, 4) is 5.75 Å². The second-order valence-corrected chi connectivity index (χ2v) is 6.10. The summed E-state index contributed by atoms with van der Waals surface area (Å²) in [4.78, 5) is 16.7. The van der Waals surface area contributed by atoms with Crippen molar-refractivity contribution in [2.75, 3.05) is 26.7 Å². The number of amides is 1. The van der Waals surface area contributed by atoms with Gasteiger partial charge in [-0.3, -0.25) is 4.79 Å². The van der Waals surface area contributed by atoms with Gasteiger partial charge in [0.2, 0.25) is 0 Å². The SMILES string of the molecule is CCNC(=NCc1ccc(OC)cc1)NCCNC(=O)c1cccc(C)c1.I. The van der Waals surface area contributed by atoms with Crippen LogP contribution in [0, 0.1) is 6.92 Å². The van der Waals surface area contributed by atoms with E-state index >= 15 is 0 Å². The number of halogens is 1. The third-order valence-corrected chi connectivity index (χ3v) is 3.91. The molecular weight excluding hydrogens is 467 g/mol. The topological polar surface area (TPSA) is 74.8 Å². The van der Waals surface area contributed by atoms with E-state index in [1.807, 2.05) is 62.4 Å². The van der Waals surface area contributed by atoms with Gasteiger partial charge in [0.25, 0.3) is 5.91 Å². The van der Waals surface area contributed by atoms with E-state index in [2.05, 4.69) is 20.9 Å². The molecule has 0 atom stereocenters. The Morgan fingerprint density at radius 2 is 1.75 bits per heavy atom. The summed E-state index contributed by atoms with van der Waals surface area (Å²) in [6.07, 6.45) is 0. The predicted molar refractivity (Wildman–Crippen MR) is 125 cm³/mol. The number of nitrogens with zero attached hydrogens (tertiary/aromatic N) is 1. The van der Waals surface area contributed by atoms with Gasteiger partial charge >= 0.3 is 0 Å². The third kappa shape index (κ3) is 8.16. The Hall–Kier alpha value is -2.29. The Morgan fingerprint density at radius 3 is 2.39 bits per heavy atom. The molecule has 2 aromatic rings. The van der Waals surface area contributed by atoms with Gasteiger partial charge in [0.15, 0.2) is 5.96 Å². The van der Waals surface area contributed by atoms with Crippen LogP contribution < -0.4 is 20.7 Å². The Morgan fingerprint density at radius 1 is 1.04 bits per heavy atom. The number of nitrogens with one attached hydrogen (secondary N) is 3. The van der Waals surface area contributed by atoms with Gasteiger partial charge in [-0.05, 0) is 43.7 Å². The van der Waals surface area contributed by atoms with Crippen LogP contribution in [0.15, 0.2) is 53.5 Å². The molecule has 0 radical (unpaired) electrons. The van der Waals surface area contributed by atoms with Crippen molar-refractivity contribution in [1.82, 2.24) is 16.0 Å². The van der Waals surface area contributed by atoms with E-state index in [1.54, 1.807) is 7.11 Å². The average Bonchev–Trinajstić information content (AvgIpc) is 2.69. The summed E-state index contributed by atoms with van der Waals surface area (Å²) < 4.78 is 5.16. The molecule has 1 amide bonds. The first-order valence-corrected chi connectivity index (χ1v) is 9.12. The van der Waals surface area contributed by atoms with Gasteiger partial charge in [-0.1, -0.05) is 29.8 Å². The minimum Gasteiger partial charge on any atom is -0.497 e. The number of hydrogen-bond donors (Lipinski definition) is 3. The van der Waals surface area contributed by atoms with Crippen LogP contribution >= 0.6 is 24.0 Å². The highest BCUT2D eigenvalue weighted by Crippen LogP contribution is 2.11. The number of benzene rings is 2. The summed E-state index contributed by atoms with van der Waals surface area (Å²) >= 11 is 0. The first kappa shape index (κ1) is 23.7. The van der Waals surface area contributed by atoms with Gasteiger partial charge in [-0.25, -0.2) is 4.99 Å². The molecule has 2 aromatic carbocycles. The average molecular weight is 496 g/mol. The highest BCUT2D eigenvalue weighted by molar-refractivity contribution is 14.0. The Kier molecular flexibility index (Phi) is 11.0. The maximum atomic E-state index is 12.1. The number of methoxy groups -OCH3 is 1. The molecule has 0 aromatic heterocycles. The minimum absolute atomic E-state index is 0. The predicted octanol–water partition coefficient (Wildman–Crippen LogP) is 3.11. The van der Waals surface area contributed by atoms with E-state index in [4.69, 9.17) is 4.74 Å². The van der Waals surface area contributed by atoms with Crippen molar-refractivity contribution in [2.24, 2.45) is 4.99 Å². The molecule has 6 nitrogen and oxygen atoms in total. The molecule has 0 saturated heterocycles. The van der Waals surface area contributed by atoms with Crippen molar-refractivity contribution < 1.29 is 9.53 Å². The summed E-state index contributed by atoms with van der Waals surface area (Å²) in [6, 6.07) is 15.4. The van der Waals surface area contributed by atoms with Gasteiger partial charge in [0, 0.05) is 25.2 Å². The molecule has 152 valence electrons. The summed E-state index contributed by atoms with van der Waals surface area (Å²) in [6.45, 7) is 6.43. The minimum atomic E-state index is -0.0688. The van der Waals surface area contributed by atoms with Crippen molar-refractivity contribution >= 4 is 35.8 Å². The quantitative estimate of drug-likeness (QED) is 0.227. The number of aryl methyl sites for hydroxylation is 1. The number of guanidine groups is 1. The molecule has 7 heteroatoms. The Labute approximate surface area is 184 Å². The summed E-state index contributed by atoms with van der Waals surface area (Å²) in [5, 5.41) is 9.35. The molecule has 0 spiro atoms. The lowest BCUT2D eigenvalue weighted by Gasteiger charge is -2.12. The fourth-order valence-corrected chi connectivity index (χ4v) is 2.49. The van der Waals surface area contributed by atoms with Gasteiger partial charge < -0.3 is 20.7 Å². The fraction of sp³-hybridized carbons (Fsp3) is 0.333. The maximum absolute atomic E-state index is 12.1. The lowest BCUT2D eigenvalue weighted by molar-refractivity contribution is 0.0954. The van der Waals surface area contributed by atoms with Gasteiger partial charge in [-0.15, -0.1) is 24.0 Å². The van der Waals surface area contributed by atoms with E-state index in [1.165, 1.54) is 0 Å². The first-order chi connectivity index (χ1) is 13.1. The molecular formula is C21H29IN4O2. The van der Waals surface area contributed by atoms with Crippen LogP contribution in [0.5, 0.6) is 5.75 Å². The molecule has 0 bridgehead atoms. The molecule has 0 unspecified atom stereocenters. The molecule has 0 heterocycles. The van der Waals surface area contributed by atoms with Crippen LogP contribution in [0.4, 0.5) is 0 Å². The van der Waals surface area contributed by atoms with Crippen molar-refractivity contribution in [2.45, 2.75) is 20.4 Å². The van der Waals surface area contributed by atoms with Gasteiger partial charge in [0.05, 0.1) is 13.7 Å². The second kappa shape index (κ2) is 13.0. The zero-order chi connectivity index (χ0) is 19.5. The summed E-state index contributed by atoms with van der Waals surface area (Å²) in [7, 11) is 1.65. The third-order valence-electron chi connectivity index (χ3n) is 3.91. The van der Waals surface area contributed by atoms with Crippen LogP contribution in [0.1, 0.15) is 28.4 Å². The lowest BCUT2D eigenvalue weighted by Crippen LogP contribution is -2.41. The Balaban J connectivity index is 0.00000392. The molecule has 0 aliphatic heterocycles. The second-order valence-electron chi connectivity index (χ2n) is 6.10. The molecule has 28 heavy (non-hydrogen) atoms. The van der Waals surface area contributed by atoms with E-state index in [0.29, 0.717) is 25.2 Å². The summed E-state index contributed by atoms with van der Waals surface area (Å²) in [5.41, 5.74) is 2.84. The monoisotopic (exact) mass is 496 g/mol. The maximum Gasteiger partial charge on any atom is 0.251 e. The van der Waals surface area contributed by atoms with Crippen LogP contribution in [0.2, 0.25) is 0 Å². The highest BCUT2D eigenvalue weighted by Gasteiger charge is 2.04. The molecule has 3 N–H and O–H groups in total. The van der Waals surface area contributed by atoms with E-state index in [0.717, 1.165) is 29.4 Å². The lowest BCUT2D eigenvalue weighted by atomic mass is 10.1. The van der Waals surface area contributed by atoms with E-state index in [9.17, 15) is 4.79 Å². The van der Waals surface area contributed by atoms with Gasteiger partial charge in [0.1, 0.15) is 5.75 Å². The van der Waals surface area contributed by atoms with Crippen LogP contribution in [0.3, 0.4) is 0 Å². The van der Waals surface area contributed by atoms with Gasteiger partial charge in [-0.2, -0.15) is 0 Å². The number of hydrogen-bond acceptors (Lipinski definition) is 3. The van der Waals surface area contributed by atoms with Crippen molar-refractivity contribution in [3.63, 3.8) is 0 Å². The zero-order valence-corrected chi connectivity index (χ0v) is 18.9. The molecule has 0 fully saturated rings. The smallest absolute Gasteiger partial charge is 0.251 e. The standard InChI is InChI=1S/C21H28N4O2.HI/c1-4-22-21(25-15-17-8-10-19(27-3)11-9-17)24-13-12-23-20(26)18-7-5-6-16(2)14-18;/h5-11,14H,4,12-13,15H2,1-3H3,(H,23,26)(H2,22,24,25);1H.